The third kappa shape index (κ3) is 2.46. The summed E-state index contributed by atoms with van der Waals surface area (Å²) in [4.78, 5) is 23.3. The minimum absolute atomic E-state index is 0.107. The normalized spacial score (nSPS) is 11.1. The number of aryl methyl sites for hydroxylation is 1. The van der Waals surface area contributed by atoms with Crippen molar-refractivity contribution >= 4 is 10.9 Å². The molecule has 2 N–H and O–H groups in total. The number of H-pyrrole nitrogens is 1. The lowest BCUT2D eigenvalue weighted by atomic mass is 10.2. The number of hydrogen-bond acceptors (Lipinski definition) is 4. The van der Waals surface area contributed by atoms with Gasteiger partial charge in [0.25, 0.3) is 5.56 Å². The Morgan fingerprint density at radius 1 is 1.30 bits per heavy atom. The molecule has 6 heteroatoms. The van der Waals surface area contributed by atoms with Crippen LogP contribution in [0.5, 0.6) is 0 Å². The first-order valence-corrected chi connectivity index (χ1v) is 6.39. The van der Waals surface area contributed by atoms with Gasteiger partial charge in [0.15, 0.2) is 0 Å². The molecule has 3 aromatic rings. The molecule has 0 aliphatic heterocycles. The molecule has 2 aromatic heterocycles. The molecule has 102 valence electrons. The summed E-state index contributed by atoms with van der Waals surface area (Å²) >= 11 is 0. The van der Waals surface area contributed by atoms with Gasteiger partial charge in [-0.25, -0.2) is 9.97 Å². The maximum absolute atomic E-state index is 11.9. The smallest absolute Gasteiger partial charge is 0.258 e. The first-order valence-electron chi connectivity index (χ1n) is 6.39. The van der Waals surface area contributed by atoms with Crippen LogP contribution in [-0.2, 0) is 20.1 Å². The second kappa shape index (κ2) is 5.26. The van der Waals surface area contributed by atoms with Crippen molar-refractivity contribution in [1.82, 2.24) is 24.8 Å². The van der Waals surface area contributed by atoms with E-state index in [1.54, 1.807) is 12.3 Å². The van der Waals surface area contributed by atoms with Crippen molar-refractivity contribution in [3.63, 3.8) is 0 Å². The van der Waals surface area contributed by atoms with Crippen molar-refractivity contribution in [3.8, 4) is 0 Å². The highest BCUT2D eigenvalue weighted by Crippen LogP contribution is 2.05. The van der Waals surface area contributed by atoms with Crippen LogP contribution >= 0.6 is 0 Å². The quantitative estimate of drug-likeness (QED) is 0.739. The molecule has 0 aliphatic rings. The SMILES string of the molecule is Cn1ccnc1CNCc1nc2ccccc2c(=O)[nH]1. The average Bonchev–Trinajstić information content (AvgIpc) is 2.85. The van der Waals surface area contributed by atoms with Gasteiger partial charge in [-0.3, -0.25) is 4.79 Å². The molecule has 0 saturated heterocycles. The monoisotopic (exact) mass is 269 g/mol. The molecule has 0 amide bonds. The minimum atomic E-state index is -0.107. The van der Waals surface area contributed by atoms with Crippen LogP contribution in [0.15, 0.2) is 41.5 Å². The van der Waals surface area contributed by atoms with Gasteiger partial charge in [0, 0.05) is 19.4 Å². The molecule has 3 rings (SSSR count). The standard InChI is InChI=1S/C14H15N5O/c1-19-7-6-16-13(19)9-15-8-12-17-11-5-3-2-4-10(11)14(20)18-12/h2-7,15H,8-9H2,1H3,(H,17,18,20). The number of nitrogens with zero attached hydrogens (tertiary/aromatic N) is 3. The fraction of sp³-hybridized carbons (Fsp3) is 0.214. The predicted molar refractivity (Wildman–Crippen MR) is 76.1 cm³/mol. The summed E-state index contributed by atoms with van der Waals surface area (Å²) in [6.45, 7) is 1.12. The van der Waals surface area contributed by atoms with E-state index in [-0.39, 0.29) is 5.56 Å². The number of fused-ring (bicyclic) bond motifs is 1. The zero-order chi connectivity index (χ0) is 13.9. The van der Waals surface area contributed by atoms with Gasteiger partial charge in [-0.15, -0.1) is 0 Å². The van der Waals surface area contributed by atoms with E-state index in [0.717, 1.165) is 5.82 Å². The van der Waals surface area contributed by atoms with Crippen LogP contribution in [-0.4, -0.2) is 19.5 Å². The van der Waals surface area contributed by atoms with E-state index in [4.69, 9.17) is 0 Å². The summed E-state index contributed by atoms with van der Waals surface area (Å²) in [7, 11) is 1.94. The van der Waals surface area contributed by atoms with E-state index >= 15 is 0 Å². The van der Waals surface area contributed by atoms with E-state index in [1.807, 2.05) is 36.0 Å². The largest absolute Gasteiger partial charge is 0.337 e. The summed E-state index contributed by atoms with van der Waals surface area (Å²) < 4.78 is 1.95. The molecule has 0 saturated carbocycles. The molecule has 0 fully saturated rings. The number of aromatic amines is 1. The third-order valence-corrected chi connectivity index (χ3v) is 3.16. The van der Waals surface area contributed by atoms with Crippen LogP contribution in [0.1, 0.15) is 11.6 Å². The van der Waals surface area contributed by atoms with E-state index < -0.39 is 0 Å². The van der Waals surface area contributed by atoms with E-state index in [2.05, 4.69) is 20.3 Å². The Morgan fingerprint density at radius 3 is 2.95 bits per heavy atom. The summed E-state index contributed by atoms with van der Waals surface area (Å²) in [6, 6.07) is 7.32. The topological polar surface area (TPSA) is 75.6 Å². The van der Waals surface area contributed by atoms with Crippen LogP contribution in [0.25, 0.3) is 10.9 Å². The van der Waals surface area contributed by atoms with Gasteiger partial charge in [-0.2, -0.15) is 0 Å². The van der Waals surface area contributed by atoms with E-state index in [9.17, 15) is 4.79 Å². The van der Waals surface area contributed by atoms with Crippen LogP contribution < -0.4 is 10.9 Å². The number of nitrogens with one attached hydrogen (secondary N) is 2. The summed E-state index contributed by atoms with van der Waals surface area (Å²) in [5, 5.41) is 3.83. The van der Waals surface area contributed by atoms with Crippen LogP contribution in [0.4, 0.5) is 0 Å². The van der Waals surface area contributed by atoms with Crippen molar-refractivity contribution in [1.29, 1.82) is 0 Å². The molecule has 0 atom stereocenters. The minimum Gasteiger partial charge on any atom is -0.337 e. The van der Waals surface area contributed by atoms with Crippen molar-refractivity contribution in [2.45, 2.75) is 13.1 Å². The summed E-state index contributed by atoms with van der Waals surface area (Å²) in [6.07, 6.45) is 3.65. The summed E-state index contributed by atoms with van der Waals surface area (Å²) in [5.41, 5.74) is 0.606. The highest BCUT2D eigenvalue weighted by Gasteiger charge is 2.03. The van der Waals surface area contributed by atoms with Crippen LogP contribution in [0.3, 0.4) is 0 Å². The molecule has 0 radical (unpaired) electrons. The number of rotatable bonds is 4. The number of aromatic nitrogens is 4. The fourth-order valence-corrected chi connectivity index (χ4v) is 2.08. The zero-order valence-electron chi connectivity index (χ0n) is 11.1. The van der Waals surface area contributed by atoms with E-state index in [1.165, 1.54) is 0 Å². The van der Waals surface area contributed by atoms with Crippen LogP contribution in [0.2, 0.25) is 0 Å². The number of hydrogen-bond donors (Lipinski definition) is 2. The van der Waals surface area contributed by atoms with Crippen molar-refractivity contribution < 1.29 is 0 Å². The maximum atomic E-state index is 11.9. The lowest BCUT2D eigenvalue weighted by molar-refractivity contribution is 0.620. The number of para-hydroxylation sites is 1. The maximum Gasteiger partial charge on any atom is 0.258 e. The number of benzene rings is 1. The molecule has 0 unspecified atom stereocenters. The second-order valence-corrected chi connectivity index (χ2v) is 4.59. The third-order valence-electron chi connectivity index (χ3n) is 3.16. The highest BCUT2D eigenvalue weighted by atomic mass is 16.1. The highest BCUT2D eigenvalue weighted by molar-refractivity contribution is 5.77. The zero-order valence-corrected chi connectivity index (χ0v) is 11.1. The van der Waals surface area contributed by atoms with Crippen molar-refractivity contribution in [3.05, 3.63) is 58.7 Å². The predicted octanol–water partition coefficient (Wildman–Crippen LogP) is 0.946. The van der Waals surface area contributed by atoms with Crippen LogP contribution in [0, 0.1) is 0 Å². The fourth-order valence-electron chi connectivity index (χ4n) is 2.08. The second-order valence-electron chi connectivity index (χ2n) is 4.59. The van der Waals surface area contributed by atoms with Gasteiger partial charge in [-0.05, 0) is 12.1 Å². The van der Waals surface area contributed by atoms with Crippen molar-refractivity contribution in [2.24, 2.45) is 7.05 Å². The molecule has 20 heavy (non-hydrogen) atoms. The van der Waals surface area contributed by atoms with Crippen molar-refractivity contribution in [2.75, 3.05) is 0 Å². The summed E-state index contributed by atoms with van der Waals surface area (Å²) in [5.74, 6) is 1.57. The lowest BCUT2D eigenvalue weighted by Crippen LogP contribution is -2.20. The van der Waals surface area contributed by atoms with Gasteiger partial charge >= 0.3 is 0 Å². The van der Waals surface area contributed by atoms with Gasteiger partial charge in [0.05, 0.1) is 24.0 Å². The number of imidazole rings is 1. The average molecular weight is 269 g/mol. The molecule has 6 nitrogen and oxygen atoms in total. The Morgan fingerprint density at radius 2 is 2.15 bits per heavy atom. The molecule has 1 aromatic carbocycles. The Labute approximate surface area is 115 Å². The Bertz CT molecular complexity index is 789. The van der Waals surface area contributed by atoms with Gasteiger partial charge < -0.3 is 14.9 Å². The molecular weight excluding hydrogens is 254 g/mol. The Balaban J connectivity index is 1.75. The molecule has 0 bridgehead atoms. The lowest BCUT2D eigenvalue weighted by Gasteiger charge is -2.05. The molecule has 2 heterocycles. The van der Waals surface area contributed by atoms with Gasteiger partial charge in [0.1, 0.15) is 11.6 Å². The van der Waals surface area contributed by atoms with E-state index in [0.29, 0.717) is 29.8 Å². The first kappa shape index (κ1) is 12.6. The Kier molecular flexibility index (Phi) is 3.30. The van der Waals surface area contributed by atoms with Gasteiger partial charge in [-0.1, -0.05) is 12.1 Å². The van der Waals surface area contributed by atoms with Gasteiger partial charge in [0.2, 0.25) is 0 Å². The molecule has 0 spiro atoms. The molecular formula is C14H15N5O. The first-order chi connectivity index (χ1) is 9.74. The molecule has 0 aliphatic carbocycles. The Hall–Kier alpha value is -2.47.